The number of halogens is 1. The fourth-order valence-electron chi connectivity index (χ4n) is 1.96. The number of rotatable bonds is 6. The molecule has 0 aromatic heterocycles. The minimum absolute atomic E-state index is 0.0638. The maximum atomic E-state index is 11.9. The summed E-state index contributed by atoms with van der Waals surface area (Å²) in [5.41, 5.74) is 0.916. The largest absolute Gasteiger partial charge is 0.481 e. The van der Waals surface area contributed by atoms with Crippen LogP contribution in [-0.2, 0) is 11.3 Å². The van der Waals surface area contributed by atoms with E-state index < -0.39 is 6.10 Å². The zero-order chi connectivity index (χ0) is 14.7. The lowest BCUT2D eigenvalue weighted by molar-refractivity contribution is -0.135. The van der Waals surface area contributed by atoms with Crippen molar-refractivity contribution in [3.63, 3.8) is 0 Å². The molecule has 0 bridgehead atoms. The molecule has 1 aromatic rings. The Hall–Kier alpha value is -1.26. The van der Waals surface area contributed by atoms with E-state index in [9.17, 15) is 4.79 Å². The van der Waals surface area contributed by atoms with Gasteiger partial charge in [-0.3, -0.25) is 4.79 Å². The van der Waals surface area contributed by atoms with Gasteiger partial charge in [-0.2, -0.15) is 0 Å². The van der Waals surface area contributed by atoms with Crippen LogP contribution in [0.2, 0.25) is 5.02 Å². The maximum Gasteiger partial charge on any atom is 0.262 e. The van der Waals surface area contributed by atoms with Crippen LogP contribution in [0.15, 0.2) is 18.2 Å². The van der Waals surface area contributed by atoms with Crippen molar-refractivity contribution in [2.75, 3.05) is 14.1 Å². The van der Waals surface area contributed by atoms with Crippen molar-refractivity contribution in [1.29, 1.82) is 0 Å². The zero-order valence-corrected chi connectivity index (χ0v) is 12.9. The Labute approximate surface area is 125 Å². The van der Waals surface area contributed by atoms with Crippen LogP contribution >= 0.6 is 11.6 Å². The SMILES string of the molecule is CC(Oc1cccc(Cl)c1CNC1CC1)C(=O)N(C)C. The van der Waals surface area contributed by atoms with E-state index in [1.54, 1.807) is 21.0 Å². The molecule has 20 heavy (non-hydrogen) atoms. The summed E-state index contributed by atoms with van der Waals surface area (Å²) in [6.45, 7) is 2.42. The lowest BCUT2D eigenvalue weighted by Gasteiger charge is -2.20. The Morgan fingerprint density at radius 2 is 2.20 bits per heavy atom. The van der Waals surface area contributed by atoms with Gasteiger partial charge in [-0.05, 0) is 31.9 Å². The van der Waals surface area contributed by atoms with Crippen molar-refractivity contribution in [2.24, 2.45) is 0 Å². The highest BCUT2D eigenvalue weighted by Crippen LogP contribution is 2.29. The molecular formula is C15H21ClN2O2. The Kier molecular flexibility index (Phi) is 4.89. The first kappa shape index (κ1) is 15.1. The molecule has 2 rings (SSSR count). The molecule has 1 aromatic carbocycles. The lowest BCUT2D eigenvalue weighted by Crippen LogP contribution is -2.35. The van der Waals surface area contributed by atoms with Crippen LogP contribution in [0, 0.1) is 0 Å². The number of hydrogen-bond donors (Lipinski definition) is 1. The number of hydrogen-bond acceptors (Lipinski definition) is 3. The van der Waals surface area contributed by atoms with Crippen molar-refractivity contribution >= 4 is 17.5 Å². The molecule has 1 amide bonds. The molecule has 1 unspecified atom stereocenters. The summed E-state index contributed by atoms with van der Waals surface area (Å²) < 4.78 is 5.79. The summed E-state index contributed by atoms with van der Waals surface area (Å²) >= 11 is 6.24. The van der Waals surface area contributed by atoms with E-state index >= 15 is 0 Å². The first-order valence-corrected chi connectivity index (χ1v) is 7.25. The second kappa shape index (κ2) is 6.46. The molecular weight excluding hydrogens is 276 g/mol. The van der Waals surface area contributed by atoms with Gasteiger partial charge in [0.25, 0.3) is 5.91 Å². The number of carbonyl (C=O) groups excluding carboxylic acids is 1. The first-order chi connectivity index (χ1) is 9.49. The molecule has 4 nitrogen and oxygen atoms in total. The third-order valence-electron chi connectivity index (χ3n) is 3.31. The van der Waals surface area contributed by atoms with Crippen LogP contribution < -0.4 is 10.1 Å². The maximum absolute atomic E-state index is 11.9. The van der Waals surface area contributed by atoms with Gasteiger partial charge in [0.15, 0.2) is 6.10 Å². The van der Waals surface area contributed by atoms with Gasteiger partial charge in [0, 0.05) is 37.3 Å². The number of amides is 1. The molecule has 1 aliphatic carbocycles. The molecule has 1 fully saturated rings. The summed E-state index contributed by atoms with van der Waals surface area (Å²) in [6, 6.07) is 6.14. The van der Waals surface area contributed by atoms with E-state index in [4.69, 9.17) is 16.3 Å². The molecule has 0 aliphatic heterocycles. The number of benzene rings is 1. The van der Waals surface area contributed by atoms with Gasteiger partial charge >= 0.3 is 0 Å². The number of likely N-dealkylation sites (N-methyl/N-ethyl adjacent to an activating group) is 1. The summed E-state index contributed by atoms with van der Waals surface area (Å²) in [4.78, 5) is 13.4. The van der Waals surface area contributed by atoms with Gasteiger partial charge < -0.3 is 15.0 Å². The molecule has 0 radical (unpaired) electrons. The molecule has 110 valence electrons. The van der Waals surface area contributed by atoms with Crippen molar-refractivity contribution in [3.05, 3.63) is 28.8 Å². The molecule has 0 spiro atoms. The zero-order valence-electron chi connectivity index (χ0n) is 12.1. The molecule has 1 saturated carbocycles. The summed E-state index contributed by atoms with van der Waals surface area (Å²) in [5.74, 6) is 0.611. The summed E-state index contributed by atoms with van der Waals surface area (Å²) in [5, 5.41) is 4.09. The number of ether oxygens (including phenoxy) is 1. The fraction of sp³-hybridized carbons (Fsp3) is 0.533. The molecule has 1 atom stereocenters. The average molecular weight is 297 g/mol. The quantitative estimate of drug-likeness (QED) is 0.877. The van der Waals surface area contributed by atoms with Crippen LogP contribution in [-0.4, -0.2) is 37.0 Å². The predicted molar refractivity (Wildman–Crippen MR) is 80.1 cm³/mol. The summed E-state index contributed by atoms with van der Waals surface area (Å²) in [7, 11) is 3.44. The minimum atomic E-state index is -0.525. The Bertz CT molecular complexity index is 487. The van der Waals surface area contributed by atoms with Crippen molar-refractivity contribution < 1.29 is 9.53 Å². The van der Waals surface area contributed by atoms with Gasteiger partial charge in [-0.25, -0.2) is 0 Å². The van der Waals surface area contributed by atoms with Crippen LogP contribution in [0.5, 0.6) is 5.75 Å². The number of nitrogens with one attached hydrogen (secondary N) is 1. The smallest absolute Gasteiger partial charge is 0.262 e. The standard InChI is InChI=1S/C15H21ClN2O2/c1-10(15(19)18(2)3)20-14-6-4-5-13(16)12(14)9-17-11-7-8-11/h4-6,10-11,17H,7-9H2,1-3H3. The van der Waals surface area contributed by atoms with Gasteiger partial charge in [-0.15, -0.1) is 0 Å². The second-order valence-electron chi connectivity index (χ2n) is 5.36. The Balaban J connectivity index is 2.09. The first-order valence-electron chi connectivity index (χ1n) is 6.87. The predicted octanol–water partition coefficient (Wildman–Crippen LogP) is 2.45. The summed E-state index contributed by atoms with van der Waals surface area (Å²) in [6.07, 6.45) is 1.91. The Morgan fingerprint density at radius 1 is 1.50 bits per heavy atom. The topological polar surface area (TPSA) is 41.6 Å². The van der Waals surface area contributed by atoms with Crippen molar-refractivity contribution in [2.45, 2.75) is 38.5 Å². The highest BCUT2D eigenvalue weighted by Gasteiger charge is 2.22. The average Bonchev–Trinajstić information content (AvgIpc) is 3.21. The normalized spacial score (nSPS) is 15.8. The molecule has 5 heteroatoms. The minimum Gasteiger partial charge on any atom is -0.481 e. The van der Waals surface area contributed by atoms with E-state index in [0.717, 1.165) is 5.56 Å². The van der Waals surface area contributed by atoms with E-state index in [1.165, 1.54) is 17.7 Å². The molecule has 1 N–H and O–H groups in total. The van der Waals surface area contributed by atoms with E-state index in [0.29, 0.717) is 23.4 Å². The van der Waals surface area contributed by atoms with Gasteiger partial charge in [0.1, 0.15) is 5.75 Å². The van der Waals surface area contributed by atoms with Gasteiger partial charge in [0.2, 0.25) is 0 Å². The van der Waals surface area contributed by atoms with E-state index in [-0.39, 0.29) is 5.91 Å². The molecule has 0 heterocycles. The third-order valence-corrected chi connectivity index (χ3v) is 3.67. The van der Waals surface area contributed by atoms with Crippen molar-refractivity contribution in [3.8, 4) is 5.75 Å². The third kappa shape index (κ3) is 3.87. The monoisotopic (exact) mass is 296 g/mol. The molecule has 1 aliphatic rings. The lowest BCUT2D eigenvalue weighted by atomic mass is 10.2. The van der Waals surface area contributed by atoms with Gasteiger partial charge in [-0.1, -0.05) is 17.7 Å². The molecule has 0 saturated heterocycles. The van der Waals surface area contributed by atoms with E-state index in [2.05, 4.69) is 5.32 Å². The van der Waals surface area contributed by atoms with Crippen LogP contribution in [0.3, 0.4) is 0 Å². The van der Waals surface area contributed by atoms with Crippen molar-refractivity contribution in [1.82, 2.24) is 10.2 Å². The van der Waals surface area contributed by atoms with Crippen LogP contribution in [0.1, 0.15) is 25.3 Å². The van der Waals surface area contributed by atoms with Crippen LogP contribution in [0.4, 0.5) is 0 Å². The number of nitrogens with zero attached hydrogens (tertiary/aromatic N) is 1. The van der Waals surface area contributed by atoms with Crippen LogP contribution in [0.25, 0.3) is 0 Å². The highest BCUT2D eigenvalue weighted by molar-refractivity contribution is 6.31. The van der Waals surface area contributed by atoms with E-state index in [1.807, 2.05) is 18.2 Å². The number of carbonyl (C=O) groups is 1. The second-order valence-corrected chi connectivity index (χ2v) is 5.77. The fourth-order valence-corrected chi connectivity index (χ4v) is 2.19. The van der Waals surface area contributed by atoms with Gasteiger partial charge in [0.05, 0.1) is 0 Å². The highest BCUT2D eigenvalue weighted by atomic mass is 35.5. The Morgan fingerprint density at radius 3 is 2.80 bits per heavy atom.